The lowest BCUT2D eigenvalue weighted by molar-refractivity contribution is -0.149. The van der Waals surface area contributed by atoms with Gasteiger partial charge in [0.2, 0.25) is 0 Å². The maximum atomic E-state index is 11.9. The summed E-state index contributed by atoms with van der Waals surface area (Å²) < 4.78 is 0. The molecule has 0 heterocycles. The monoisotopic (exact) mass is 501 g/mol. The van der Waals surface area contributed by atoms with Crippen molar-refractivity contribution in [3.8, 4) is 0 Å². The molecule has 35 heavy (non-hydrogen) atoms. The van der Waals surface area contributed by atoms with Crippen molar-refractivity contribution >= 4 is 29.8 Å². The average molecular weight is 502 g/mol. The number of aliphatic carboxylic acids is 5. The van der Waals surface area contributed by atoms with Crippen molar-refractivity contribution in [2.75, 3.05) is 32.7 Å². The maximum absolute atomic E-state index is 11.9. The first-order chi connectivity index (χ1) is 16.5. The molecule has 13 heteroatoms. The van der Waals surface area contributed by atoms with Crippen LogP contribution in [0.25, 0.3) is 0 Å². The van der Waals surface area contributed by atoms with Gasteiger partial charge < -0.3 is 25.5 Å². The molecule has 2 aliphatic carbocycles. The van der Waals surface area contributed by atoms with Crippen LogP contribution in [0.4, 0.5) is 0 Å². The van der Waals surface area contributed by atoms with Gasteiger partial charge in [0.25, 0.3) is 0 Å². The first kappa shape index (κ1) is 28.5. The summed E-state index contributed by atoms with van der Waals surface area (Å²) in [7, 11) is 0. The van der Waals surface area contributed by atoms with Crippen molar-refractivity contribution in [2.24, 2.45) is 0 Å². The number of carbonyl (C=O) groups is 5. The Morgan fingerprint density at radius 2 is 0.714 bits per heavy atom. The number of rotatable bonds is 14. The fourth-order valence-electron chi connectivity index (χ4n) is 5.72. The molecule has 0 aliphatic heterocycles. The smallest absolute Gasteiger partial charge is 0.317 e. The lowest BCUT2D eigenvalue weighted by Gasteiger charge is -2.51. The number of carboxylic acids is 5. The summed E-state index contributed by atoms with van der Waals surface area (Å²) in [5.74, 6) is -5.88. The Morgan fingerprint density at radius 3 is 0.971 bits per heavy atom. The highest BCUT2D eigenvalue weighted by Gasteiger charge is 2.43. The van der Waals surface area contributed by atoms with E-state index >= 15 is 0 Å². The lowest BCUT2D eigenvalue weighted by atomic mass is 9.82. The van der Waals surface area contributed by atoms with Gasteiger partial charge in [0.05, 0.1) is 32.7 Å². The fraction of sp³-hybridized carbons (Fsp3) is 0.773. The summed E-state index contributed by atoms with van der Waals surface area (Å²) in [5.41, 5.74) is 0. The highest BCUT2D eigenvalue weighted by Crippen LogP contribution is 2.34. The zero-order chi connectivity index (χ0) is 26.1. The second kappa shape index (κ2) is 13.4. The van der Waals surface area contributed by atoms with Crippen LogP contribution in [0.1, 0.15) is 51.4 Å². The molecule has 5 N–H and O–H groups in total. The molecule has 0 amide bonds. The predicted octanol–water partition coefficient (Wildman–Crippen LogP) is -0.0622. The Balaban J connectivity index is 2.45. The predicted molar refractivity (Wildman–Crippen MR) is 120 cm³/mol. The Bertz CT molecular complexity index is 703. The summed E-state index contributed by atoms with van der Waals surface area (Å²) in [5, 5.41) is 47.2. The SMILES string of the molecule is O=C(O)CN(CC(=O)O)[C@@H]1CCCC[C@H]1N(CC(=O)O)[C@@H]1CCCC[C@H]1N(CC(=O)O)CC(=O)O. The minimum absolute atomic E-state index is 0.399. The third-order valence-corrected chi connectivity index (χ3v) is 6.85. The summed E-state index contributed by atoms with van der Waals surface area (Å²) in [4.78, 5) is 62.3. The number of hydrogen-bond acceptors (Lipinski definition) is 8. The molecule has 4 atom stereocenters. The van der Waals surface area contributed by atoms with E-state index in [-0.39, 0.29) is 0 Å². The largest absolute Gasteiger partial charge is 0.480 e. The van der Waals surface area contributed by atoms with Gasteiger partial charge in [0.1, 0.15) is 0 Å². The van der Waals surface area contributed by atoms with E-state index < -0.39 is 86.7 Å². The highest BCUT2D eigenvalue weighted by atomic mass is 16.4. The van der Waals surface area contributed by atoms with E-state index in [0.717, 1.165) is 25.7 Å². The van der Waals surface area contributed by atoms with Crippen molar-refractivity contribution in [1.82, 2.24) is 14.7 Å². The van der Waals surface area contributed by atoms with Crippen LogP contribution in [0, 0.1) is 0 Å². The van der Waals surface area contributed by atoms with Crippen molar-refractivity contribution in [2.45, 2.75) is 75.5 Å². The Kier molecular flexibility index (Phi) is 10.9. The molecule has 0 aromatic carbocycles. The van der Waals surface area contributed by atoms with Crippen molar-refractivity contribution in [3.63, 3.8) is 0 Å². The average Bonchev–Trinajstić information content (AvgIpc) is 2.75. The number of carboxylic acid groups (broad SMARTS) is 5. The van der Waals surface area contributed by atoms with E-state index in [0.29, 0.717) is 25.7 Å². The normalized spacial score (nSPS) is 25.0. The molecule has 2 rings (SSSR count). The van der Waals surface area contributed by atoms with Gasteiger partial charge in [-0.2, -0.15) is 0 Å². The minimum Gasteiger partial charge on any atom is -0.480 e. The van der Waals surface area contributed by atoms with Crippen LogP contribution in [-0.2, 0) is 24.0 Å². The second-order valence-electron chi connectivity index (χ2n) is 9.29. The first-order valence-corrected chi connectivity index (χ1v) is 11.8. The molecular formula is C22H35N3O10. The summed E-state index contributed by atoms with van der Waals surface area (Å²) in [6, 6.07) is -1.99. The fourth-order valence-corrected chi connectivity index (χ4v) is 5.72. The first-order valence-electron chi connectivity index (χ1n) is 11.8. The molecule has 2 fully saturated rings. The molecule has 198 valence electrons. The van der Waals surface area contributed by atoms with Gasteiger partial charge in [-0.3, -0.25) is 38.7 Å². The van der Waals surface area contributed by atoms with Crippen molar-refractivity contribution in [1.29, 1.82) is 0 Å². The van der Waals surface area contributed by atoms with E-state index in [2.05, 4.69) is 0 Å². The zero-order valence-electron chi connectivity index (χ0n) is 19.6. The molecule has 0 unspecified atom stereocenters. The van der Waals surface area contributed by atoms with Gasteiger partial charge >= 0.3 is 29.8 Å². The van der Waals surface area contributed by atoms with Crippen LogP contribution in [0.5, 0.6) is 0 Å². The van der Waals surface area contributed by atoms with Crippen LogP contribution in [0.3, 0.4) is 0 Å². The van der Waals surface area contributed by atoms with Crippen molar-refractivity contribution < 1.29 is 49.5 Å². The van der Waals surface area contributed by atoms with Crippen LogP contribution in [0.2, 0.25) is 0 Å². The van der Waals surface area contributed by atoms with Crippen LogP contribution < -0.4 is 0 Å². The van der Waals surface area contributed by atoms with Gasteiger partial charge in [-0.15, -0.1) is 0 Å². The third-order valence-electron chi connectivity index (χ3n) is 6.85. The van der Waals surface area contributed by atoms with Gasteiger partial charge in [0.15, 0.2) is 0 Å². The lowest BCUT2D eigenvalue weighted by Crippen LogP contribution is -2.63. The van der Waals surface area contributed by atoms with E-state index in [1.807, 2.05) is 0 Å². The summed E-state index contributed by atoms with van der Waals surface area (Å²) >= 11 is 0. The molecule has 0 radical (unpaired) electrons. The molecule has 0 bridgehead atoms. The van der Waals surface area contributed by atoms with Crippen LogP contribution in [0.15, 0.2) is 0 Å². The van der Waals surface area contributed by atoms with Crippen molar-refractivity contribution in [3.05, 3.63) is 0 Å². The van der Waals surface area contributed by atoms with Gasteiger partial charge in [0, 0.05) is 24.2 Å². The molecular weight excluding hydrogens is 466 g/mol. The molecule has 2 saturated carbocycles. The molecule has 0 aromatic heterocycles. The Labute approximate surface area is 202 Å². The van der Waals surface area contributed by atoms with E-state index in [1.165, 1.54) is 9.80 Å². The van der Waals surface area contributed by atoms with Gasteiger partial charge in [-0.1, -0.05) is 25.7 Å². The Morgan fingerprint density at radius 1 is 0.457 bits per heavy atom. The maximum Gasteiger partial charge on any atom is 0.317 e. The van der Waals surface area contributed by atoms with Crippen LogP contribution in [-0.4, -0.2) is 127 Å². The van der Waals surface area contributed by atoms with E-state index in [4.69, 9.17) is 0 Å². The number of nitrogens with zero attached hydrogens (tertiary/aromatic N) is 3. The van der Waals surface area contributed by atoms with E-state index in [9.17, 15) is 49.5 Å². The molecule has 2 aliphatic rings. The van der Waals surface area contributed by atoms with Gasteiger partial charge in [-0.05, 0) is 25.7 Å². The second-order valence-corrected chi connectivity index (χ2v) is 9.29. The highest BCUT2D eigenvalue weighted by molar-refractivity contribution is 5.73. The zero-order valence-corrected chi connectivity index (χ0v) is 19.6. The van der Waals surface area contributed by atoms with Gasteiger partial charge in [-0.25, -0.2) is 0 Å². The quantitative estimate of drug-likeness (QED) is 0.212. The minimum atomic E-state index is -1.19. The molecule has 0 spiro atoms. The standard InChI is InChI=1S/C22H35N3O10/c26-18(27)9-23(10-19(28)29)14-5-1-3-7-16(14)25(13-22(34)35)17-8-4-2-6-15(17)24(11-20(30)31)12-21(32)33/h14-17H,1-13H2,(H,26,27)(H,28,29)(H,30,31)(H,32,33)(H,34,35)/t14-,15-,16-,17-/m1/s1. The third kappa shape index (κ3) is 8.75. The summed E-state index contributed by atoms with van der Waals surface area (Å²) in [6.07, 6.45) is 4.99. The number of hydrogen-bond donors (Lipinski definition) is 5. The van der Waals surface area contributed by atoms with E-state index in [1.54, 1.807) is 4.90 Å². The van der Waals surface area contributed by atoms with Crippen LogP contribution >= 0.6 is 0 Å². The molecule has 0 saturated heterocycles. The molecule has 13 nitrogen and oxygen atoms in total. The topological polar surface area (TPSA) is 196 Å². The summed E-state index contributed by atoms with van der Waals surface area (Å²) in [6.45, 7) is -2.43. The molecule has 0 aromatic rings. The Hall–Kier alpha value is -2.77.